The molecule has 2 rings (SSSR count). The molecule has 0 spiro atoms. The summed E-state index contributed by atoms with van der Waals surface area (Å²) in [6.45, 7) is 21.2. The lowest BCUT2D eigenvalue weighted by Crippen LogP contribution is -2.60. The highest BCUT2D eigenvalue weighted by atomic mass is 16.5. The van der Waals surface area contributed by atoms with E-state index in [4.69, 9.17) is 10.6 Å². The van der Waals surface area contributed by atoms with Crippen LogP contribution >= 0.6 is 0 Å². The van der Waals surface area contributed by atoms with E-state index in [-0.39, 0.29) is 11.0 Å². The summed E-state index contributed by atoms with van der Waals surface area (Å²) in [6.07, 6.45) is 2.28. The number of hydrazine groups is 1. The van der Waals surface area contributed by atoms with Crippen LogP contribution < -0.4 is 5.84 Å². The molecule has 140 valence electrons. The Hall–Kier alpha value is -0.580. The lowest BCUT2D eigenvalue weighted by atomic mass is 9.75. The van der Waals surface area contributed by atoms with Crippen molar-refractivity contribution in [3.63, 3.8) is 0 Å². The Bertz CT molecular complexity index is 468. The van der Waals surface area contributed by atoms with Gasteiger partial charge in [-0.1, -0.05) is 34.6 Å². The molecule has 0 aromatic carbocycles. The Morgan fingerprint density at radius 1 is 1.21 bits per heavy atom. The molecule has 0 aromatic rings. The lowest BCUT2D eigenvalue weighted by molar-refractivity contribution is -0.0634. The Morgan fingerprint density at radius 2 is 1.79 bits per heavy atom. The Morgan fingerprint density at radius 3 is 2.17 bits per heavy atom. The molecule has 2 N–H and O–H groups in total. The number of hydrogen-bond donors (Lipinski definition) is 1. The van der Waals surface area contributed by atoms with E-state index in [1.807, 2.05) is 5.01 Å². The van der Waals surface area contributed by atoms with E-state index in [9.17, 15) is 0 Å². The second kappa shape index (κ2) is 6.97. The van der Waals surface area contributed by atoms with Gasteiger partial charge in [-0.3, -0.25) is 4.90 Å². The maximum Gasteiger partial charge on any atom is 0.0915 e. The molecule has 2 aliphatic rings. The summed E-state index contributed by atoms with van der Waals surface area (Å²) < 4.78 is 5.38. The second-order valence-corrected chi connectivity index (χ2v) is 9.76. The molecule has 4 nitrogen and oxygen atoms in total. The molecule has 2 atom stereocenters. The van der Waals surface area contributed by atoms with Gasteiger partial charge in [0.15, 0.2) is 0 Å². The van der Waals surface area contributed by atoms with Gasteiger partial charge >= 0.3 is 0 Å². The molecule has 2 unspecified atom stereocenters. The second-order valence-electron chi connectivity index (χ2n) is 9.76. The van der Waals surface area contributed by atoms with Crippen molar-refractivity contribution in [2.24, 2.45) is 17.2 Å². The van der Waals surface area contributed by atoms with Crippen LogP contribution in [0.15, 0.2) is 11.3 Å². The topological polar surface area (TPSA) is 41.7 Å². The summed E-state index contributed by atoms with van der Waals surface area (Å²) in [6, 6.07) is 0.878. The first kappa shape index (κ1) is 19.7. The van der Waals surface area contributed by atoms with Crippen molar-refractivity contribution < 1.29 is 4.74 Å². The fourth-order valence-electron chi connectivity index (χ4n) is 3.87. The van der Waals surface area contributed by atoms with E-state index in [0.29, 0.717) is 18.0 Å². The van der Waals surface area contributed by atoms with Gasteiger partial charge in [0.1, 0.15) is 0 Å². The monoisotopic (exact) mass is 337 g/mol. The van der Waals surface area contributed by atoms with Crippen LogP contribution in [0.3, 0.4) is 0 Å². The number of nitrogens with two attached hydrogens (primary N) is 1. The number of nitrogens with zero attached hydrogens (tertiary/aromatic N) is 2. The minimum Gasteiger partial charge on any atom is -0.377 e. The van der Waals surface area contributed by atoms with Crippen LogP contribution in [0.5, 0.6) is 0 Å². The number of rotatable bonds is 4. The maximum atomic E-state index is 6.57. The van der Waals surface area contributed by atoms with Crippen LogP contribution in [-0.4, -0.2) is 47.3 Å². The fraction of sp³-hybridized carbons (Fsp3) is 0.900. The first-order valence-electron chi connectivity index (χ1n) is 9.57. The summed E-state index contributed by atoms with van der Waals surface area (Å²) in [7, 11) is 0. The first-order valence-corrected chi connectivity index (χ1v) is 9.57. The highest BCUT2D eigenvalue weighted by Gasteiger charge is 2.43. The van der Waals surface area contributed by atoms with Gasteiger partial charge in [0.05, 0.1) is 19.3 Å². The first-order chi connectivity index (χ1) is 11.0. The van der Waals surface area contributed by atoms with Gasteiger partial charge in [0.25, 0.3) is 0 Å². The number of ether oxygens (including phenoxy) is 1. The average Bonchev–Trinajstić information content (AvgIpc) is 2.41. The summed E-state index contributed by atoms with van der Waals surface area (Å²) >= 11 is 0. The Labute approximate surface area is 149 Å². The predicted octanol–water partition coefficient (Wildman–Crippen LogP) is 3.78. The molecule has 0 aromatic heterocycles. The normalized spacial score (nSPS) is 25.6. The average molecular weight is 338 g/mol. The van der Waals surface area contributed by atoms with Crippen molar-refractivity contribution >= 4 is 0 Å². The molecule has 4 heteroatoms. The van der Waals surface area contributed by atoms with Crippen LogP contribution in [0.25, 0.3) is 0 Å². The quantitative estimate of drug-likeness (QED) is 0.626. The van der Waals surface area contributed by atoms with E-state index in [1.54, 1.807) is 5.57 Å². The highest BCUT2D eigenvalue weighted by molar-refractivity contribution is 5.24. The maximum absolute atomic E-state index is 6.57. The molecular formula is C20H39N3O. The molecule has 1 saturated heterocycles. The molecule has 1 fully saturated rings. The molecule has 2 aliphatic heterocycles. The van der Waals surface area contributed by atoms with E-state index < -0.39 is 0 Å². The van der Waals surface area contributed by atoms with Gasteiger partial charge in [-0.2, -0.15) is 0 Å². The van der Waals surface area contributed by atoms with Crippen molar-refractivity contribution in [2.75, 3.05) is 19.8 Å². The SMILES string of the molecule is CCC(C)C1=C(N(N)C2COC2)CN(C(C)(C)C)C(C(C)(C)C)C1. The van der Waals surface area contributed by atoms with E-state index in [2.05, 4.69) is 60.3 Å². The summed E-state index contributed by atoms with van der Waals surface area (Å²) in [5.41, 5.74) is 3.28. The van der Waals surface area contributed by atoms with Crippen molar-refractivity contribution in [2.45, 2.75) is 85.9 Å². The van der Waals surface area contributed by atoms with Crippen LogP contribution in [0.4, 0.5) is 0 Å². The minimum absolute atomic E-state index is 0.126. The van der Waals surface area contributed by atoms with Gasteiger partial charge < -0.3 is 9.75 Å². The summed E-state index contributed by atoms with van der Waals surface area (Å²) in [4.78, 5) is 2.66. The predicted molar refractivity (Wildman–Crippen MR) is 101 cm³/mol. The number of hydrogen-bond acceptors (Lipinski definition) is 4. The highest BCUT2D eigenvalue weighted by Crippen LogP contribution is 2.41. The molecule has 0 radical (unpaired) electrons. The standard InChI is InChI=1S/C20H39N3O/c1-9-14(2)16-10-18(19(3,4)5)22(20(6,7)8)11-17(16)23(21)15-12-24-13-15/h14-15,18H,9-13,21H2,1-8H3. The fourth-order valence-corrected chi connectivity index (χ4v) is 3.87. The van der Waals surface area contributed by atoms with Crippen molar-refractivity contribution in [3.8, 4) is 0 Å². The van der Waals surface area contributed by atoms with Gasteiger partial charge in [0.2, 0.25) is 0 Å². The van der Waals surface area contributed by atoms with E-state index >= 15 is 0 Å². The zero-order chi connectivity index (χ0) is 18.3. The summed E-state index contributed by atoms with van der Waals surface area (Å²) in [5, 5.41) is 2.03. The van der Waals surface area contributed by atoms with E-state index in [1.165, 1.54) is 12.1 Å². The Kier molecular flexibility index (Phi) is 5.73. The molecule has 0 bridgehead atoms. The Balaban J connectivity index is 2.43. The molecule has 2 heterocycles. The molecule has 0 amide bonds. The van der Waals surface area contributed by atoms with Gasteiger partial charge in [-0.05, 0) is 50.5 Å². The van der Waals surface area contributed by atoms with Crippen LogP contribution in [-0.2, 0) is 4.74 Å². The van der Waals surface area contributed by atoms with Crippen LogP contribution in [0, 0.1) is 11.3 Å². The molecule has 24 heavy (non-hydrogen) atoms. The third-order valence-corrected chi connectivity index (χ3v) is 5.87. The molecule has 0 saturated carbocycles. The van der Waals surface area contributed by atoms with Gasteiger partial charge in [-0.15, -0.1) is 0 Å². The van der Waals surface area contributed by atoms with Crippen LogP contribution in [0.2, 0.25) is 0 Å². The van der Waals surface area contributed by atoms with Gasteiger partial charge in [-0.25, -0.2) is 5.84 Å². The third-order valence-electron chi connectivity index (χ3n) is 5.87. The molecule has 0 aliphatic carbocycles. The smallest absolute Gasteiger partial charge is 0.0915 e. The summed E-state index contributed by atoms with van der Waals surface area (Å²) in [5.74, 6) is 7.15. The van der Waals surface area contributed by atoms with Crippen molar-refractivity contribution in [1.82, 2.24) is 9.91 Å². The molecular weight excluding hydrogens is 298 g/mol. The lowest BCUT2D eigenvalue weighted by Gasteiger charge is -2.53. The third kappa shape index (κ3) is 3.97. The van der Waals surface area contributed by atoms with Gasteiger partial charge in [0, 0.05) is 23.8 Å². The van der Waals surface area contributed by atoms with Crippen LogP contribution in [0.1, 0.15) is 68.2 Å². The minimum atomic E-state index is 0.126. The zero-order valence-corrected chi connectivity index (χ0v) is 17.1. The van der Waals surface area contributed by atoms with Crippen molar-refractivity contribution in [3.05, 3.63) is 11.3 Å². The van der Waals surface area contributed by atoms with Crippen molar-refractivity contribution in [1.29, 1.82) is 0 Å². The zero-order valence-electron chi connectivity index (χ0n) is 17.1. The largest absolute Gasteiger partial charge is 0.377 e. The van der Waals surface area contributed by atoms with E-state index in [0.717, 1.165) is 26.2 Å².